The van der Waals surface area contributed by atoms with Crippen molar-refractivity contribution in [2.24, 2.45) is 0 Å². The Morgan fingerprint density at radius 3 is 2.39 bits per heavy atom. The first-order valence-electron chi connectivity index (χ1n) is 7.32. The smallest absolute Gasteiger partial charge is 0.451 e. The van der Waals surface area contributed by atoms with Crippen LogP contribution < -0.4 is 0 Å². The van der Waals surface area contributed by atoms with Gasteiger partial charge in [0.1, 0.15) is 5.60 Å². The van der Waals surface area contributed by atoms with Crippen molar-refractivity contribution >= 4 is 5.97 Å². The third kappa shape index (κ3) is 6.52. The normalized spacial score (nSPS) is 12.3. The fraction of sp³-hybridized carbons (Fsp3) is 0.667. The molecule has 0 atom stereocenters. The van der Waals surface area contributed by atoms with Crippen LogP contribution in [0, 0.1) is 0 Å². The zero-order chi connectivity index (χ0) is 17.7. The summed E-state index contributed by atoms with van der Waals surface area (Å²) in [5.41, 5.74) is -0.815. The standard InChI is InChI=1S/C15H21F3N2O3/c1-14(2,3)23-12(22)10-9-19-13(15(16,17)18)20-11(10)7-5-4-6-8-21/h9,21H,4-8H2,1-3H3. The van der Waals surface area contributed by atoms with Gasteiger partial charge in [0.15, 0.2) is 0 Å². The molecule has 0 aromatic carbocycles. The Bertz CT molecular complexity index is 540. The van der Waals surface area contributed by atoms with E-state index in [1.807, 2.05) is 0 Å². The first-order valence-corrected chi connectivity index (χ1v) is 7.32. The molecule has 0 spiro atoms. The highest BCUT2D eigenvalue weighted by molar-refractivity contribution is 5.90. The molecule has 1 heterocycles. The Morgan fingerprint density at radius 1 is 1.22 bits per heavy atom. The molecule has 1 N–H and O–H groups in total. The fourth-order valence-corrected chi connectivity index (χ4v) is 1.83. The predicted molar refractivity (Wildman–Crippen MR) is 76.8 cm³/mol. The number of halogens is 3. The molecule has 0 fully saturated rings. The van der Waals surface area contributed by atoms with Gasteiger partial charge in [-0.2, -0.15) is 13.2 Å². The SMILES string of the molecule is CC(C)(C)OC(=O)c1cnc(C(F)(F)F)nc1CCCCCO. The molecule has 130 valence electrons. The largest absolute Gasteiger partial charge is 0.456 e. The Morgan fingerprint density at radius 2 is 1.87 bits per heavy atom. The summed E-state index contributed by atoms with van der Waals surface area (Å²) in [4.78, 5) is 18.8. The maximum absolute atomic E-state index is 12.7. The molecule has 0 saturated carbocycles. The summed E-state index contributed by atoms with van der Waals surface area (Å²) in [6.07, 6.45) is -1.96. The summed E-state index contributed by atoms with van der Waals surface area (Å²) in [6, 6.07) is 0. The van der Waals surface area contributed by atoms with Crippen molar-refractivity contribution in [1.82, 2.24) is 9.97 Å². The quantitative estimate of drug-likeness (QED) is 0.639. The van der Waals surface area contributed by atoms with Gasteiger partial charge in [-0.1, -0.05) is 6.42 Å². The van der Waals surface area contributed by atoms with Gasteiger partial charge in [-0.3, -0.25) is 0 Å². The maximum Gasteiger partial charge on any atom is 0.451 e. The lowest BCUT2D eigenvalue weighted by Crippen LogP contribution is -2.25. The van der Waals surface area contributed by atoms with Crippen LogP contribution in [0.25, 0.3) is 0 Å². The number of alkyl halides is 3. The minimum atomic E-state index is -4.67. The van der Waals surface area contributed by atoms with Crippen LogP contribution in [-0.4, -0.2) is 33.3 Å². The van der Waals surface area contributed by atoms with E-state index in [0.29, 0.717) is 19.3 Å². The number of rotatable bonds is 6. The van der Waals surface area contributed by atoms with Crippen molar-refractivity contribution in [3.8, 4) is 0 Å². The van der Waals surface area contributed by atoms with Gasteiger partial charge in [0, 0.05) is 12.8 Å². The zero-order valence-corrected chi connectivity index (χ0v) is 13.4. The van der Waals surface area contributed by atoms with Crippen LogP contribution in [0.5, 0.6) is 0 Å². The molecule has 1 rings (SSSR count). The molecule has 0 amide bonds. The number of aromatic nitrogens is 2. The summed E-state index contributed by atoms with van der Waals surface area (Å²) in [5, 5.41) is 8.74. The zero-order valence-electron chi connectivity index (χ0n) is 13.4. The number of hydrogen-bond donors (Lipinski definition) is 1. The molecule has 0 radical (unpaired) electrons. The average molecular weight is 334 g/mol. The number of nitrogens with zero attached hydrogens (tertiary/aromatic N) is 2. The van der Waals surface area contributed by atoms with E-state index in [9.17, 15) is 18.0 Å². The lowest BCUT2D eigenvalue weighted by molar-refractivity contribution is -0.145. The second-order valence-electron chi connectivity index (χ2n) is 6.09. The van der Waals surface area contributed by atoms with Crippen molar-refractivity contribution in [1.29, 1.82) is 0 Å². The van der Waals surface area contributed by atoms with Gasteiger partial charge in [0.2, 0.25) is 5.82 Å². The Hall–Kier alpha value is -1.70. The van der Waals surface area contributed by atoms with Crippen LogP contribution in [0.2, 0.25) is 0 Å². The van der Waals surface area contributed by atoms with Crippen LogP contribution in [-0.2, 0) is 17.3 Å². The summed E-state index contributed by atoms with van der Waals surface area (Å²) < 4.78 is 43.4. The van der Waals surface area contributed by atoms with E-state index in [4.69, 9.17) is 9.84 Å². The van der Waals surface area contributed by atoms with Crippen molar-refractivity contribution in [2.45, 2.75) is 58.2 Å². The Kier molecular flexibility index (Phi) is 6.49. The van der Waals surface area contributed by atoms with Gasteiger partial charge < -0.3 is 9.84 Å². The highest BCUT2D eigenvalue weighted by atomic mass is 19.4. The second-order valence-corrected chi connectivity index (χ2v) is 6.09. The van der Waals surface area contributed by atoms with Crippen molar-refractivity contribution < 1.29 is 27.8 Å². The van der Waals surface area contributed by atoms with Gasteiger partial charge in [0.25, 0.3) is 0 Å². The summed E-state index contributed by atoms with van der Waals surface area (Å²) in [7, 11) is 0. The molecule has 0 aliphatic heterocycles. The molecule has 0 aliphatic carbocycles. The lowest BCUT2D eigenvalue weighted by atomic mass is 10.1. The molecule has 1 aromatic rings. The second kappa shape index (κ2) is 7.72. The van der Waals surface area contributed by atoms with Crippen molar-refractivity contribution in [2.75, 3.05) is 6.61 Å². The van der Waals surface area contributed by atoms with Crippen LogP contribution in [0.4, 0.5) is 13.2 Å². The molecular formula is C15H21F3N2O3. The number of aryl methyl sites for hydroxylation is 1. The Balaban J connectivity index is 3.05. The van der Waals surface area contributed by atoms with Gasteiger partial charge in [-0.25, -0.2) is 14.8 Å². The van der Waals surface area contributed by atoms with Gasteiger partial charge in [0.05, 0.1) is 11.3 Å². The molecule has 23 heavy (non-hydrogen) atoms. The van der Waals surface area contributed by atoms with Crippen LogP contribution in [0.1, 0.15) is 61.9 Å². The van der Waals surface area contributed by atoms with E-state index in [2.05, 4.69) is 9.97 Å². The molecule has 5 nitrogen and oxygen atoms in total. The van der Waals surface area contributed by atoms with E-state index >= 15 is 0 Å². The van der Waals surface area contributed by atoms with Gasteiger partial charge in [-0.05, 0) is 40.0 Å². The van der Waals surface area contributed by atoms with Crippen molar-refractivity contribution in [3.63, 3.8) is 0 Å². The summed E-state index contributed by atoms with van der Waals surface area (Å²) >= 11 is 0. The number of aliphatic hydroxyl groups excluding tert-OH is 1. The molecule has 1 aromatic heterocycles. The molecule has 0 unspecified atom stereocenters. The van der Waals surface area contributed by atoms with E-state index in [1.165, 1.54) is 0 Å². The molecule has 8 heteroatoms. The molecular weight excluding hydrogens is 313 g/mol. The molecule has 0 saturated heterocycles. The highest BCUT2D eigenvalue weighted by Crippen LogP contribution is 2.27. The van der Waals surface area contributed by atoms with E-state index in [-0.39, 0.29) is 24.3 Å². The van der Waals surface area contributed by atoms with Crippen LogP contribution >= 0.6 is 0 Å². The van der Waals surface area contributed by atoms with Crippen molar-refractivity contribution in [3.05, 3.63) is 23.3 Å². The number of aliphatic hydroxyl groups is 1. The number of unbranched alkanes of at least 4 members (excludes halogenated alkanes) is 2. The fourth-order valence-electron chi connectivity index (χ4n) is 1.83. The average Bonchev–Trinajstić information content (AvgIpc) is 2.40. The molecule has 0 aliphatic rings. The number of esters is 1. The predicted octanol–water partition coefficient (Wildman–Crippen LogP) is 3.16. The summed E-state index contributed by atoms with van der Waals surface area (Å²) in [5.74, 6) is -2.02. The van der Waals surface area contributed by atoms with E-state index in [1.54, 1.807) is 20.8 Å². The third-order valence-corrected chi connectivity index (χ3v) is 2.81. The molecule has 0 bridgehead atoms. The summed E-state index contributed by atoms with van der Waals surface area (Å²) in [6.45, 7) is 5.00. The first-order chi connectivity index (χ1) is 10.5. The number of carbonyl (C=O) groups excluding carboxylic acids is 1. The first kappa shape index (κ1) is 19.3. The van der Waals surface area contributed by atoms with Gasteiger partial charge >= 0.3 is 12.1 Å². The minimum Gasteiger partial charge on any atom is -0.456 e. The van der Waals surface area contributed by atoms with Crippen LogP contribution in [0.3, 0.4) is 0 Å². The number of ether oxygens (including phenoxy) is 1. The lowest BCUT2D eigenvalue weighted by Gasteiger charge is -2.20. The van der Waals surface area contributed by atoms with Crippen LogP contribution in [0.15, 0.2) is 6.20 Å². The minimum absolute atomic E-state index is 0.0104. The maximum atomic E-state index is 12.7. The number of carbonyl (C=O) groups is 1. The van der Waals surface area contributed by atoms with E-state index in [0.717, 1.165) is 6.20 Å². The van der Waals surface area contributed by atoms with Gasteiger partial charge in [-0.15, -0.1) is 0 Å². The van der Waals surface area contributed by atoms with E-state index < -0.39 is 23.6 Å². The third-order valence-electron chi connectivity index (χ3n) is 2.81. The Labute approximate surface area is 132 Å². The number of hydrogen-bond acceptors (Lipinski definition) is 5. The monoisotopic (exact) mass is 334 g/mol. The highest BCUT2D eigenvalue weighted by Gasteiger charge is 2.36. The topological polar surface area (TPSA) is 72.3 Å².